The van der Waals surface area contributed by atoms with E-state index < -0.39 is 4.92 Å². The summed E-state index contributed by atoms with van der Waals surface area (Å²) in [6.07, 6.45) is 1.79. The van der Waals surface area contributed by atoms with Crippen LogP contribution >= 0.6 is 0 Å². The molecule has 2 N–H and O–H groups in total. The average Bonchev–Trinajstić information content (AvgIpc) is 2.45. The van der Waals surface area contributed by atoms with Crippen LogP contribution in [-0.4, -0.2) is 35.6 Å². The predicted molar refractivity (Wildman–Crippen MR) is 79.6 cm³/mol. The van der Waals surface area contributed by atoms with Gasteiger partial charge in [0.2, 0.25) is 5.91 Å². The van der Waals surface area contributed by atoms with Gasteiger partial charge in [-0.05, 0) is 24.5 Å². The summed E-state index contributed by atoms with van der Waals surface area (Å²) >= 11 is 0. The molecule has 0 radical (unpaired) electrons. The Hall–Kier alpha value is -2.15. The highest BCUT2D eigenvalue weighted by Gasteiger charge is 2.25. The first-order chi connectivity index (χ1) is 10.1. The molecule has 1 aliphatic heterocycles. The Morgan fingerprint density at radius 1 is 1.38 bits per heavy atom. The molecule has 114 valence electrons. The SMILES string of the molecule is CCCN(CCO)c1cc2c(cc1[N+](=O)[O-])NC(=O)CC2. The van der Waals surface area contributed by atoms with Crippen LogP contribution in [0.4, 0.5) is 17.1 Å². The molecular formula is C14H19N3O4. The lowest BCUT2D eigenvalue weighted by Gasteiger charge is -2.25. The Morgan fingerprint density at radius 2 is 2.14 bits per heavy atom. The smallest absolute Gasteiger partial charge is 0.294 e. The van der Waals surface area contributed by atoms with E-state index in [1.165, 1.54) is 6.07 Å². The first-order valence-corrected chi connectivity index (χ1v) is 7.03. The highest BCUT2D eigenvalue weighted by molar-refractivity contribution is 5.95. The molecule has 0 fully saturated rings. The molecule has 0 bridgehead atoms. The number of carbonyl (C=O) groups excluding carboxylic acids is 1. The minimum Gasteiger partial charge on any atom is -0.395 e. The first-order valence-electron chi connectivity index (χ1n) is 7.03. The van der Waals surface area contributed by atoms with Crippen molar-refractivity contribution >= 4 is 23.0 Å². The van der Waals surface area contributed by atoms with E-state index in [9.17, 15) is 14.9 Å². The fourth-order valence-electron chi connectivity index (χ4n) is 2.55. The Kier molecular flexibility index (Phi) is 4.74. The van der Waals surface area contributed by atoms with Gasteiger partial charge in [-0.25, -0.2) is 0 Å². The molecule has 0 saturated heterocycles. The molecule has 21 heavy (non-hydrogen) atoms. The van der Waals surface area contributed by atoms with Crippen LogP contribution in [0.1, 0.15) is 25.3 Å². The van der Waals surface area contributed by atoms with Crippen LogP contribution in [0.25, 0.3) is 0 Å². The topological polar surface area (TPSA) is 95.7 Å². The molecule has 1 heterocycles. The first kappa shape index (κ1) is 15.2. The lowest BCUT2D eigenvalue weighted by atomic mass is 10.0. The summed E-state index contributed by atoms with van der Waals surface area (Å²) in [5.74, 6) is -0.120. The van der Waals surface area contributed by atoms with Crippen LogP contribution in [0, 0.1) is 10.1 Å². The number of carbonyl (C=O) groups is 1. The van der Waals surface area contributed by atoms with E-state index in [-0.39, 0.29) is 18.2 Å². The monoisotopic (exact) mass is 293 g/mol. The molecule has 0 aliphatic carbocycles. The molecule has 1 amide bonds. The zero-order valence-corrected chi connectivity index (χ0v) is 12.0. The van der Waals surface area contributed by atoms with Crippen molar-refractivity contribution in [3.8, 4) is 0 Å². The number of nitrogens with zero attached hydrogens (tertiary/aromatic N) is 2. The van der Waals surface area contributed by atoms with E-state index in [2.05, 4.69) is 5.32 Å². The summed E-state index contributed by atoms with van der Waals surface area (Å²) in [7, 11) is 0. The largest absolute Gasteiger partial charge is 0.395 e. The summed E-state index contributed by atoms with van der Waals surface area (Å²) in [6, 6.07) is 3.18. The number of aliphatic hydroxyl groups is 1. The standard InChI is InChI=1S/C14H19N3O4/c1-2-5-16(6-7-18)12-8-10-3-4-14(19)15-11(10)9-13(12)17(20)21/h8-9,18H,2-7H2,1H3,(H,15,19). The van der Waals surface area contributed by atoms with Gasteiger partial charge >= 0.3 is 0 Å². The second kappa shape index (κ2) is 6.53. The molecule has 1 aromatic carbocycles. The molecule has 2 rings (SSSR count). The summed E-state index contributed by atoms with van der Waals surface area (Å²) in [5, 5.41) is 23.1. The molecule has 1 aromatic rings. The number of hydrogen-bond donors (Lipinski definition) is 2. The summed E-state index contributed by atoms with van der Waals surface area (Å²) < 4.78 is 0. The van der Waals surface area contributed by atoms with Gasteiger partial charge in [0.25, 0.3) is 5.69 Å². The Bertz CT molecular complexity index is 553. The highest BCUT2D eigenvalue weighted by atomic mass is 16.6. The van der Waals surface area contributed by atoms with Gasteiger partial charge in [-0.15, -0.1) is 0 Å². The summed E-state index contributed by atoms with van der Waals surface area (Å²) in [5.41, 5.74) is 1.88. The predicted octanol–water partition coefficient (Wildman–Crippen LogP) is 1.69. The molecule has 0 aromatic heterocycles. The van der Waals surface area contributed by atoms with Crippen LogP contribution in [0.5, 0.6) is 0 Å². The molecule has 7 heteroatoms. The maximum atomic E-state index is 11.4. The fourth-order valence-corrected chi connectivity index (χ4v) is 2.55. The van der Waals surface area contributed by atoms with Gasteiger partial charge in [-0.1, -0.05) is 6.92 Å². The van der Waals surface area contributed by atoms with Crippen molar-refractivity contribution in [1.29, 1.82) is 0 Å². The molecule has 0 atom stereocenters. The van der Waals surface area contributed by atoms with E-state index in [0.717, 1.165) is 12.0 Å². The molecule has 0 saturated carbocycles. The van der Waals surface area contributed by atoms with E-state index in [0.29, 0.717) is 37.3 Å². The normalized spacial score (nSPS) is 13.5. The van der Waals surface area contributed by atoms with Gasteiger partial charge < -0.3 is 15.3 Å². The summed E-state index contributed by atoms with van der Waals surface area (Å²) in [4.78, 5) is 24.1. The van der Waals surface area contributed by atoms with Crippen molar-refractivity contribution in [2.75, 3.05) is 29.9 Å². The second-order valence-corrected chi connectivity index (χ2v) is 5.01. The zero-order chi connectivity index (χ0) is 15.4. The van der Waals surface area contributed by atoms with Crippen molar-refractivity contribution in [2.45, 2.75) is 26.2 Å². The number of anilines is 2. The lowest BCUT2D eigenvalue weighted by molar-refractivity contribution is -0.384. The number of amides is 1. The van der Waals surface area contributed by atoms with Crippen LogP contribution in [-0.2, 0) is 11.2 Å². The number of fused-ring (bicyclic) bond motifs is 1. The molecular weight excluding hydrogens is 274 g/mol. The van der Waals surface area contributed by atoms with Gasteiger partial charge in [-0.3, -0.25) is 14.9 Å². The zero-order valence-electron chi connectivity index (χ0n) is 12.0. The van der Waals surface area contributed by atoms with E-state index in [1.807, 2.05) is 11.8 Å². The van der Waals surface area contributed by atoms with Crippen molar-refractivity contribution in [2.24, 2.45) is 0 Å². The average molecular weight is 293 g/mol. The second-order valence-electron chi connectivity index (χ2n) is 5.01. The fraction of sp³-hybridized carbons (Fsp3) is 0.500. The molecule has 1 aliphatic rings. The van der Waals surface area contributed by atoms with Gasteiger partial charge in [0.1, 0.15) is 5.69 Å². The van der Waals surface area contributed by atoms with Gasteiger partial charge in [0.15, 0.2) is 0 Å². The number of benzene rings is 1. The lowest BCUT2D eigenvalue weighted by Crippen LogP contribution is -2.29. The number of nitro benzene ring substituents is 1. The Balaban J connectivity index is 2.47. The maximum Gasteiger partial charge on any atom is 0.294 e. The number of nitrogens with one attached hydrogen (secondary N) is 1. The van der Waals surface area contributed by atoms with Crippen molar-refractivity contribution < 1.29 is 14.8 Å². The van der Waals surface area contributed by atoms with Crippen molar-refractivity contribution in [3.63, 3.8) is 0 Å². The number of rotatable bonds is 6. The van der Waals surface area contributed by atoms with E-state index in [1.54, 1.807) is 6.07 Å². The summed E-state index contributed by atoms with van der Waals surface area (Å²) in [6.45, 7) is 2.90. The highest BCUT2D eigenvalue weighted by Crippen LogP contribution is 2.36. The van der Waals surface area contributed by atoms with Crippen LogP contribution in [0.15, 0.2) is 12.1 Å². The van der Waals surface area contributed by atoms with Gasteiger partial charge in [-0.2, -0.15) is 0 Å². The minimum absolute atomic E-state index is 0.0437. The number of aryl methyl sites for hydroxylation is 1. The molecule has 7 nitrogen and oxygen atoms in total. The quantitative estimate of drug-likeness (QED) is 0.614. The van der Waals surface area contributed by atoms with Crippen LogP contribution < -0.4 is 10.2 Å². The molecule has 0 unspecified atom stereocenters. The maximum absolute atomic E-state index is 11.4. The van der Waals surface area contributed by atoms with Gasteiger partial charge in [0, 0.05) is 25.6 Å². The third kappa shape index (κ3) is 3.30. The number of hydrogen-bond acceptors (Lipinski definition) is 5. The molecule has 0 spiro atoms. The van der Waals surface area contributed by atoms with Gasteiger partial charge in [0.05, 0.1) is 17.2 Å². The van der Waals surface area contributed by atoms with E-state index >= 15 is 0 Å². The van der Waals surface area contributed by atoms with Crippen LogP contribution in [0.3, 0.4) is 0 Å². The minimum atomic E-state index is -0.448. The Morgan fingerprint density at radius 3 is 2.76 bits per heavy atom. The Labute approximate surface area is 122 Å². The van der Waals surface area contributed by atoms with Crippen molar-refractivity contribution in [1.82, 2.24) is 0 Å². The number of nitro groups is 1. The third-order valence-electron chi connectivity index (χ3n) is 3.50. The van der Waals surface area contributed by atoms with E-state index in [4.69, 9.17) is 5.11 Å². The van der Waals surface area contributed by atoms with Crippen molar-refractivity contribution in [3.05, 3.63) is 27.8 Å². The third-order valence-corrected chi connectivity index (χ3v) is 3.50. The number of aliphatic hydroxyl groups excluding tert-OH is 1. The van der Waals surface area contributed by atoms with Crippen LogP contribution in [0.2, 0.25) is 0 Å².